The van der Waals surface area contributed by atoms with Gasteiger partial charge in [0.05, 0.1) is 12.8 Å². The highest BCUT2D eigenvalue weighted by Gasteiger charge is 2.40. The molecule has 44 heteroatoms. The summed E-state index contributed by atoms with van der Waals surface area (Å²) in [4.78, 5) is 231. The molecule has 0 bridgehead atoms. The van der Waals surface area contributed by atoms with Crippen LogP contribution >= 0.6 is 0 Å². The van der Waals surface area contributed by atoms with Gasteiger partial charge in [-0.25, -0.2) is 29.8 Å². The number of nitro groups is 2. The molecule has 0 spiro atoms. The second-order valence-corrected chi connectivity index (χ2v) is 32.0. The Hall–Kier alpha value is -15.6. The number of aromatic hydroxyl groups is 2. The number of hydrazine groups is 2. The van der Waals surface area contributed by atoms with Crippen molar-refractivity contribution in [1.29, 1.82) is 10.8 Å². The van der Waals surface area contributed by atoms with Crippen molar-refractivity contribution in [3.8, 4) is 11.5 Å². The first-order valence-electron chi connectivity index (χ1n) is 43.5. The molecule has 12 amide bonds. The largest absolute Gasteiger partial charge is 0.508 e. The van der Waals surface area contributed by atoms with Gasteiger partial charge in [-0.2, -0.15) is 0 Å². The monoisotopic (exact) mass is 1860 g/mol. The van der Waals surface area contributed by atoms with E-state index in [0.717, 1.165) is 0 Å². The number of nitrogens with zero attached hydrogens (tertiary/aromatic N) is 2. The van der Waals surface area contributed by atoms with Crippen LogP contribution in [0.3, 0.4) is 0 Å². The number of amides is 12. The Kier molecular flexibility index (Phi) is 44.2. The summed E-state index contributed by atoms with van der Waals surface area (Å²) in [6, 6.07) is 26.4. The van der Waals surface area contributed by atoms with E-state index in [2.05, 4.69) is 74.4 Å². The number of carbonyl (C=O) groups excluding carboxylic acids is 14. The molecule has 0 radical (unpaired) electrons. The third kappa shape index (κ3) is 39.4. The van der Waals surface area contributed by atoms with E-state index < -0.39 is 216 Å². The van der Waals surface area contributed by atoms with Crippen molar-refractivity contribution in [3.63, 3.8) is 0 Å². The standard InChI is InChI=1S/C90H116N20O24/c1-55(2)75-85(123)103-69(47-57-35-39-63(111)40-36-57)81(119)99-67(33-21-45-93-87(91)107-109(127)128)77(115)98-66(32-18-20-44-96-90(126)134-54-62-29-15-8-16-30-62)80(118)102-72(50-74(114)132-52-60-25-11-6-12-26-60)84(122)106-76(56(3)4)86(124)104-70(48-58-37-41-64(112)42-38-58)82(120)100-68(34-22-46-94-88(92)108-110(129)130)78(116)97-65(31-17-19-43-95-89(125)133-53-61-27-13-7-14-28-61)79(117)101-71(83(121)105-75)49-73(113)131-51-59-23-9-5-10-24-59/h5-16,23-30,35-42,55-56,65-72,75-76,111-112H,17-22,31-34,43-54H2,1-4H3,(H,95,125)(H,96,126)(H,97,116)(H,98,115)(H,99,119)(H,100,120)(H,101,117)(H,102,118)(H,103,123)(H,104,124)(H,105,121)(H,106,122)(H3,91,93,107)(H3,92,94,108)/t65-,66-,67-,68-,69-,70-,71-,72-,75-,76-/m0/s1. The number of guanidine groups is 2. The summed E-state index contributed by atoms with van der Waals surface area (Å²) < 4.78 is 22.0. The number of alkyl carbamates (subject to hydrolysis) is 2. The Balaban J connectivity index is 1.37. The third-order valence-corrected chi connectivity index (χ3v) is 20.7. The molecule has 6 aromatic rings. The highest BCUT2D eigenvalue weighted by atomic mass is 16.7. The maximum atomic E-state index is 15.4. The minimum absolute atomic E-state index is 0.0388. The van der Waals surface area contributed by atoms with Gasteiger partial charge in [0.15, 0.2) is 10.1 Å². The van der Waals surface area contributed by atoms with Crippen LogP contribution in [0.4, 0.5) is 9.59 Å². The van der Waals surface area contributed by atoms with E-state index in [1.165, 1.54) is 76.2 Å². The predicted molar refractivity (Wildman–Crippen MR) is 481 cm³/mol. The number of unbranched alkanes of at least 4 members (excludes halogenated alkanes) is 2. The molecule has 1 saturated heterocycles. The average molecular weight is 1860 g/mol. The first kappa shape index (κ1) is 105. The van der Waals surface area contributed by atoms with Crippen LogP contribution in [0.2, 0.25) is 0 Å². The van der Waals surface area contributed by atoms with Crippen molar-refractivity contribution in [3.05, 3.63) is 223 Å². The fourth-order valence-corrected chi connectivity index (χ4v) is 13.5. The number of hydrogen-bond acceptors (Lipinski definition) is 26. The van der Waals surface area contributed by atoms with Gasteiger partial charge in [0.25, 0.3) is 11.9 Å². The normalized spacial score (nSPS) is 19.1. The number of rotatable bonds is 38. The molecule has 44 nitrogen and oxygen atoms in total. The lowest BCUT2D eigenvalue weighted by Crippen LogP contribution is -2.62. The van der Waals surface area contributed by atoms with Crippen molar-refractivity contribution in [2.24, 2.45) is 11.8 Å². The average Bonchev–Trinajstić information content (AvgIpc) is 0.838. The number of nitrogens with one attached hydrogen (secondary N) is 18. The van der Waals surface area contributed by atoms with E-state index >= 15 is 47.9 Å². The van der Waals surface area contributed by atoms with Crippen molar-refractivity contribution in [1.82, 2.24) is 85.3 Å². The molecule has 10 atom stereocenters. The number of hydrogen-bond donors (Lipinski definition) is 20. The summed E-state index contributed by atoms with van der Waals surface area (Å²) in [5.41, 5.74) is 6.15. The predicted octanol–water partition coefficient (Wildman–Crippen LogP) is 2.69. The van der Waals surface area contributed by atoms with Crippen LogP contribution in [0.25, 0.3) is 0 Å². The molecule has 720 valence electrons. The third-order valence-electron chi connectivity index (χ3n) is 20.7. The van der Waals surface area contributed by atoms with Gasteiger partial charge in [0, 0.05) is 39.0 Å². The highest BCUT2D eigenvalue weighted by Crippen LogP contribution is 2.19. The minimum atomic E-state index is -2.03. The molecule has 1 fully saturated rings. The Morgan fingerprint density at radius 1 is 0.328 bits per heavy atom. The fraction of sp³-hybridized carbons (Fsp3) is 0.422. The number of carbonyl (C=O) groups is 14. The van der Waals surface area contributed by atoms with Gasteiger partial charge in [0.1, 0.15) is 98.3 Å². The molecular weight excluding hydrogens is 1750 g/mol. The first-order chi connectivity index (χ1) is 64.1. The van der Waals surface area contributed by atoms with Crippen LogP contribution in [-0.4, -0.2) is 202 Å². The Labute approximate surface area is 771 Å². The number of phenolic OH excluding ortho intramolecular Hbond substituents is 2. The van der Waals surface area contributed by atoms with E-state index in [0.29, 0.717) is 22.3 Å². The molecule has 1 heterocycles. The molecule has 134 heavy (non-hydrogen) atoms. The molecule has 1 aliphatic heterocycles. The molecule has 20 N–H and O–H groups in total. The molecule has 0 aromatic heterocycles. The molecular formula is C90H116N20O24. The van der Waals surface area contributed by atoms with Crippen LogP contribution in [0, 0.1) is 42.9 Å². The topological polar surface area (TPSA) is 643 Å². The number of ether oxygens (including phenoxy) is 4. The minimum Gasteiger partial charge on any atom is -0.508 e. The van der Waals surface area contributed by atoms with E-state index in [1.807, 2.05) is 0 Å². The second kappa shape index (κ2) is 56.1. The van der Waals surface area contributed by atoms with E-state index in [1.54, 1.807) is 132 Å². The molecule has 0 saturated carbocycles. The van der Waals surface area contributed by atoms with Crippen LogP contribution in [0.15, 0.2) is 170 Å². The van der Waals surface area contributed by atoms with Gasteiger partial charge >= 0.3 is 24.1 Å². The van der Waals surface area contributed by atoms with Gasteiger partial charge < -0.3 is 104 Å². The first-order valence-corrected chi connectivity index (χ1v) is 43.5. The maximum absolute atomic E-state index is 15.4. The van der Waals surface area contributed by atoms with Gasteiger partial charge in [-0.15, -0.1) is 0 Å². The van der Waals surface area contributed by atoms with Crippen LogP contribution in [0.5, 0.6) is 11.5 Å². The van der Waals surface area contributed by atoms with Crippen molar-refractivity contribution < 1.29 is 106 Å². The van der Waals surface area contributed by atoms with Crippen LogP contribution < -0.4 is 85.3 Å². The summed E-state index contributed by atoms with van der Waals surface area (Å²) in [5.74, 6) is -17.8. The molecule has 0 unspecified atom stereocenters. The van der Waals surface area contributed by atoms with Gasteiger partial charge in [-0.3, -0.25) is 68.4 Å². The molecule has 1 aliphatic rings. The van der Waals surface area contributed by atoms with Crippen molar-refractivity contribution >= 4 is 95.1 Å². The van der Waals surface area contributed by atoms with E-state index in [4.69, 9.17) is 29.8 Å². The number of benzene rings is 6. The molecule has 0 aliphatic carbocycles. The van der Waals surface area contributed by atoms with Crippen molar-refractivity contribution in [2.45, 2.75) is 204 Å². The summed E-state index contributed by atoms with van der Waals surface area (Å²) in [6.07, 6.45) is -6.47. The lowest BCUT2D eigenvalue weighted by molar-refractivity contribution is -0.525. The van der Waals surface area contributed by atoms with Crippen molar-refractivity contribution in [2.75, 3.05) is 26.2 Å². The Morgan fingerprint density at radius 3 is 0.873 bits per heavy atom. The zero-order chi connectivity index (χ0) is 97.4. The van der Waals surface area contributed by atoms with E-state index in [-0.39, 0.29) is 127 Å². The number of esters is 2. The molecule has 6 aromatic carbocycles. The lowest BCUT2D eigenvalue weighted by atomic mass is 9.99. The fourth-order valence-electron chi connectivity index (χ4n) is 13.5. The van der Waals surface area contributed by atoms with Gasteiger partial charge in [0.2, 0.25) is 59.1 Å². The van der Waals surface area contributed by atoms with E-state index in [9.17, 15) is 49.6 Å². The smallest absolute Gasteiger partial charge is 0.407 e. The Bertz CT molecular complexity index is 4630. The second-order valence-electron chi connectivity index (χ2n) is 32.0. The summed E-state index contributed by atoms with van der Waals surface area (Å²) in [7, 11) is 0. The summed E-state index contributed by atoms with van der Waals surface area (Å²) in [5, 5.41) is 93.7. The van der Waals surface area contributed by atoms with Crippen LogP contribution in [-0.2, 0) is 116 Å². The van der Waals surface area contributed by atoms with Crippen LogP contribution in [0.1, 0.15) is 138 Å². The highest BCUT2D eigenvalue weighted by molar-refractivity contribution is 6.01. The zero-order valence-corrected chi connectivity index (χ0v) is 74.4. The van der Waals surface area contributed by atoms with Gasteiger partial charge in [-0.05, 0) is 134 Å². The van der Waals surface area contributed by atoms with Gasteiger partial charge in [-0.1, -0.05) is 184 Å². The quantitative estimate of drug-likeness (QED) is 0.00504. The lowest BCUT2D eigenvalue weighted by Gasteiger charge is -2.30. The Morgan fingerprint density at radius 2 is 0.582 bits per heavy atom. The zero-order valence-electron chi connectivity index (χ0n) is 74.4. The maximum Gasteiger partial charge on any atom is 0.407 e. The SMILES string of the molecule is CC(C)[C@@H]1NC(=O)[C@H](CC(=O)OCc2ccccc2)NC(=O)[C@H](CCCCNC(=O)OCc2ccccc2)NC(=O)[C@H](CCCNC(=N)N[N+](=O)[O-])NC(=O)[C@H](Cc2ccc(O)cc2)NC(=O)[C@H](C(C)C)NC(=O)[C@H](CC(=O)OCc2ccccc2)NC(=O)[C@H](CCCCNC(=O)OCc2ccccc2)NC(=O)[C@H](CCCNC(=N)N[N+](=O)[O-])NC(=O)[C@H](Cc2ccc(O)cc2)NC1=O. The molecule has 7 rings (SSSR count). The summed E-state index contributed by atoms with van der Waals surface area (Å²) in [6.45, 7) is 4.24. The summed E-state index contributed by atoms with van der Waals surface area (Å²) >= 11 is 0. The number of phenols is 2.